The minimum Gasteiger partial charge on any atom is -0.207 e. The third-order valence-electron chi connectivity index (χ3n) is 3.17. The fourth-order valence-electron chi connectivity index (χ4n) is 1.87. The van der Waals surface area contributed by atoms with E-state index in [0.29, 0.717) is 11.4 Å². The van der Waals surface area contributed by atoms with Gasteiger partial charge >= 0.3 is 0 Å². The topological polar surface area (TPSA) is 37.4 Å². The van der Waals surface area contributed by atoms with E-state index in [1.807, 2.05) is 31.4 Å². The number of benzene rings is 1. The molecule has 1 heterocycles. The lowest BCUT2D eigenvalue weighted by atomic mass is 10.2. The second kappa shape index (κ2) is 5.97. The minimum atomic E-state index is -3.48. The summed E-state index contributed by atoms with van der Waals surface area (Å²) >= 11 is 4.91. The van der Waals surface area contributed by atoms with E-state index in [9.17, 15) is 8.42 Å². The molecule has 0 radical (unpaired) electrons. The summed E-state index contributed by atoms with van der Waals surface area (Å²) in [6, 6.07) is 7.31. The molecule has 2 rings (SSSR count). The van der Waals surface area contributed by atoms with E-state index in [2.05, 4.69) is 15.9 Å². The molecule has 0 saturated heterocycles. The number of rotatable bonds is 4. The van der Waals surface area contributed by atoms with Crippen molar-refractivity contribution in [2.45, 2.75) is 25.3 Å². The lowest BCUT2D eigenvalue weighted by molar-refractivity contribution is 0.468. The quantitative estimate of drug-likeness (QED) is 0.813. The monoisotopic (exact) mass is 373 g/mol. The number of hydrogen-bond acceptors (Lipinski definition) is 3. The fraction of sp³-hybridized carbons (Fsp3) is 0.286. The molecule has 108 valence electrons. The molecule has 0 atom stereocenters. The highest BCUT2D eigenvalue weighted by molar-refractivity contribution is 9.10. The first kappa shape index (κ1) is 15.7. The SMILES string of the molecule is Cc1ccc(Br)cc1S(=O)(=O)N(C)Cc1sccc1C. The zero-order valence-electron chi connectivity index (χ0n) is 11.6. The zero-order chi connectivity index (χ0) is 14.9. The number of sulfonamides is 1. The first-order valence-corrected chi connectivity index (χ1v) is 9.19. The molecule has 20 heavy (non-hydrogen) atoms. The van der Waals surface area contributed by atoms with Crippen LogP contribution in [0.1, 0.15) is 16.0 Å². The smallest absolute Gasteiger partial charge is 0.207 e. The van der Waals surface area contributed by atoms with Crippen molar-refractivity contribution < 1.29 is 8.42 Å². The Balaban J connectivity index is 2.35. The van der Waals surface area contributed by atoms with Crippen molar-refractivity contribution in [3.63, 3.8) is 0 Å². The van der Waals surface area contributed by atoms with Gasteiger partial charge in [0, 0.05) is 22.9 Å². The molecular weight excluding hydrogens is 358 g/mol. The Kier molecular flexibility index (Phi) is 4.69. The second-order valence-electron chi connectivity index (χ2n) is 4.70. The molecule has 1 aromatic carbocycles. The first-order valence-electron chi connectivity index (χ1n) is 6.08. The van der Waals surface area contributed by atoms with Crippen molar-refractivity contribution in [2.24, 2.45) is 0 Å². The standard InChI is InChI=1S/C14H16BrNO2S2/c1-10-6-7-19-13(10)9-16(3)20(17,18)14-8-12(15)5-4-11(14)2/h4-8H,9H2,1-3H3. The summed E-state index contributed by atoms with van der Waals surface area (Å²) in [6.07, 6.45) is 0. The van der Waals surface area contributed by atoms with Gasteiger partial charge in [0.2, 0.25) is 10.0 Å². The molecule has 0 spiro atoms. The van der Waals surface area contributed by atoms with Gasteiger partial charge in [0.15, 0.2) is 0 Å². The van der Waals surface area contributed by atoms with E-state index in [1.165, 1.54) is 4.31 Å². The van der Waals surface area contributed by atoms with E-state index in [4.69, 9.17) is 0 Å². The molecule has 0 N–H and O–H groups in total. The van der Waals surface area contributed by atoms with Crippen molar-refractivity contribution in [1.29, 1.82) is 0 Å². The van der Waals surface area contributed by atoms with Gasteiger partial charge < -0.3 is 0 Å². The van der Waals surface area contributed by atoms with Crippen molar-refractivity contribution >= 4 is 37.3 Å². The van der Waals surface area contributed by atoms with Gasteiger partial charge in [-0.15, -0.1) is 11.3 Å². The highest BCUT2D eigenvalue weighted by Crippen LogP contribution is 2.25. The number of hydrogen-bond donors (Lipinski definition) is 0. The molecule has 0 aliphatic rings. The van der Waals surface area contributed by atoms with Crippen molar-refractivity contribution in [2.75, 3.05) is 7.05 Å². The van der Waals surface area contributed by atoms with Crippen molar-refractivity contribution in [3.8, 4) is 0 Å². The van der Waals surface area contributed by atoms with E-state index >= 15 is 0 Å². The van der Waals surface area contributed by atoms with Crippen LogP contribution >= 0.6 is 27.3 Å². The second-order valence-corrected chi connectivity index (χ2v) is 8.63. The van der Waals surface area contributed by atoms with Crippen LogP contribution < -0.4 is 0 Å². The number of thiophene rings is 1. The molecule has 6 heteroatoms. The van der Waals surface area contributed by atoms with Crippen LogP contribution in [0.2, 0.25) is 0 Å². The summed E-state index contributed by atoms with van der Waals surface area (Å²) in [7, 11) is -1.86. The van der Waals surface area contributed by atoms with Crippen molar-refractivity contribution in [1.82, 2.24) is 4.31 Å². The third kappa shape index (κ3) is 3.14. The average Bonchev–Trinajstić information content (AvgIpc) is 2.78. The van der Waals surface area contributed by atoms with Crippen LogP contribution in [0.5, 0.6) is 0 Å². The van der Waals surface area contributed by atoms with Gasteiger partial charge in [-0.2, -0.15) is 4.31 Å². The van der Waals surface area contributed by atoms with E-state index < -0.39 is 10.0 Å². The van der Waals surface area contributed by atoms with E-state index in [1.54, 1.807) is 30.5 Å². The van der Waals surface area contributed by atoms with Gasteiger partial charge in [-0.25, -0.2) is 8.42 Å². The summed E-state index contributed by atoms with van der Waals surface area (Å²) < 4.78 is 27.5. The van der Waals surface area contributed by atoms with Crippen LogP contribution in [-0.2, 0) is 16.6 Å². The minimum absolute atomic E-state index is 0.351. The Labute approximate surface area is 132 Å². The predicted molar refractivity (Wildman–Crippen MR) is 86.6 cm³/mol. The summed E-state index contributed by atoms with van der Waals surface area (Å²) in [5.74, 6) is 0. The Hall–Kier alpha value is -0.690. The zero-order valence-corrected chi connectivity index (χ0v) is 14.8. The van der Waals surface area contributed by atoms with Gasteiger partial charge in [-0.1, -0.05) is 22.0 Å². The van der Waals surface area contributed by atoms with Crippen LogP contribution in [0.3, 0.4) is 0 Å². The number of nitrogens with zero attached hydrogens (tertiary/aromatic N) is 1. The maximum absolute atomic E-state index is 12.7. The summed E-state index contributed by atoms with van der Waals surface area (Å²) in [6.45, 7) is 4.21. The van der Waals surface area contributed by atoms with E-state index in [0.717, 1.165) is 20.5 Å². The van der Waals surface area contributed by atoms with Gasteiger partial charge in [0.05, 0.1) is 4.90 Å². The maximum atomic E-state index is 12.7. The molecule has 2 aromatic rings. The number of halogens is 1. The Morgan fingerprint density at radius 2 is 1.90 bits per heavy atom. The van der Waals surface area contributed by atoms with Crippen LogP contribution in [0.15, 0.2) is 39.0 Å². The molecule has 0 saturated carbocycles. The Morgan fingerprint density at radius 1 is 1.20 bits per heavy atom. The normalized spacial score (nSPS) is 12.1. The summed E-state index contributed by atoms with van der Waals surface area (Å²) in [4.78, 5) is 1.42. The molecular formula is C14H16BrNO2S2. The van der Waals surface area contributed by atoms with E-state index in [-0.39, 0.29) is 0 Å². The third-order valence-corrected chi connectivity index (χ3v) is 6.62. The van der Waals surface area contributed by atoms with Crippen LogP contribution in [0, 0.1) is 13.8 Å². The first-order chi connectivity index (χ1) is 9.32. The molecule has 0 aliphatic heterocycles. The molecule has 0 bridgehead atoms. The molecule has 0 unspecified atom stereocenters. The highest BCUT2D eigenvalue weighted by Gasteiger charge is 2.23. The Bertz CT molecular complexity index is 723. The molecule has 0 aliphatic carbocycles. The van der Waals surface area contributed by atoms with Crippen molar-refractivity contribution in [3.05, 3.63) is 50.1 Å². The maximum Gasteiger partial charge on any atom is 0.243 e. The van der Waals surface area contributed by atoms with Gasteiger partial charge in [-0.3, -0.25) is 0 Å². The van der Waals surface area contributed by atoms with Gasteiger partial charge in [0.1, 0.15) is 0 Å². The lowest BCUT2D eigenvalue weighted by Gasteiger charge is -2.18. The molecule has 0 fully saturated rings. The van der Waals surface area contributed by atoms with Gasteiger partial charge in [0.25, 0.3) is 0 Å². The Morgan fingerprint density at radius 3 is 2.50 bits per heavy atom. The summed E-state index contributed by atoms with van der Waals surface area (Å²) in [5.41, 5.74) is 1.88. The largest absolute Gasteiger partial charge is 0.243 e. The molecule has 1 aromatic heterocycles. The van der Waals surface area contributed by atoms with Gasteiger partial charge in [-0.05, 0) is 48.6 Å². The fourth-order valence-corrected chi connectivity index (χ4v) is 4.81. The highest BCUT2D eigenvalue weighted by atomic mass is 79.9. The van der Waals surface area contributed by atoms with Crippen LogP contribution in [0.4, 0.5) is 0 Å². The van der Waals surface area contributed by atoms with Crippen LogP contribution in [-0.4, -0.2) is 19.8 Å². The molecule has 3 nitrogen and oxygen atoms in total. The summed E-state index contributed by atoms with van der Waals surface area (Å²) in [5, 5.41) is 1.98. The number of aryl methyl sites for hydroxylation is 2. The lowest BCUT2D eigenvalue weighted by Crippen LogP contribution is -2.27. The molecule has 0 amide bonds. The predicted octanol–water partition coefficient (Wildman–Crippen LogP) is 3.95. The van der Waals surface area contributed by atoms with Crippen LogP contribution in [0.25, 0.3) is 0 Å². The average molecular weight is 374 g/mol.